The fourth-order valence-corrected chi connectivity index (χ4v) is 6.36. The predicted molar refractivity (Wildman–Crippen MR) is 167 cm³/mol. The lowest BCUT2D eigenvalue weighted by atomic mass is 10.0. The molecule has 0 saturated heterocycles. The summed E-state index contributed by atoms with van der Waals surface area (Å²) in [4.78, 5) is 28.8. The molecule has 0 heterocycles. The van der Waals surface area contributed by atoms with E-state index in [4.69, 9.17) is 11.6 Å². The van der Waals surface area contributed by atoms with Crippen LogP contribution in [-0.2, 0) is 38.8 Å². The van der Waals surface area contributed by atoms with E-state index in [0.717, 1.165) is 17.7 Å². The van der Waals surface area contributed by atoms with Crippen molar-refractivity contribution in [2.45, 2.75) is 37.0 Å². The summed E-state index contributed by atoms with van der Waals surface area (Å²) >= 11 is 6.44. The SMILES string of the molecule is CCNC(=O)[C@@H](Cc1ccccc1)N(Cc1ccccc1Cl)C(=O)CN(c1cccc(C(F)(F)F)c1)S(=O)(=O)c1ccccc1. The van der Waals surface area contributed by atoms with Crippen molar-refractivity contribution < 1.29 is 31.2 Å². The zero-order chi connectivity index (χ0) is 32.6. The zero-order valence-electron chi connectivity index (χ0n) is 24.2. The van der Waals surface area contributed by atoms with Crippen molar-refractivity contribution in [3.05, 3.63) is 131 Å². The number of alkyl halides is 3. The molecule has 7 nitrogen and oxygen atoms in total. The predicted octanol–water partition coefficient (Wildman–Crippen LogP) is 6.33. The van der Waals surface area contributed by atoms with Gasteiger partial charge in [0.15, 0.2) is 0 Å². The van der Waals surface area contributed by atoms with Crippen LogP contribution in [0.4, 0.5) is 18.9 Å². The molecule has 0 bridgehead atoms. The molecule has 0 aromatic heterocycles. The quantitative estimate of drug-likeness (QED) is 0.193. The Morgan fingerprint density at radius 3 is 2.11 bits per heavy atom. The molecule has 0 saturated carbocycles. The normalized spacial score (nSPS) is 12.3. The lowest BCUT2D eigenvalue weighted by Gasteiger charge is -2.34. The Hall–Kier alpha value is -4.35. The highest BCUT2D eigenvalue weighted by Gasteiger charge is 2.36. The van der Waals surface area contributed by atoms with Gasteiger partial charge in [-0.15, -0.1) is 0 Å². The fourth-order valence-electron chi connectivity index (χ4n) is 4.74. The van der Waals surface area contributed by atoms with Crippen LogP contribution in [0, 0.1) is 0 Å². The van der Waals surface area contributed by atoms with Crippen LogP contribution in [0.25, 0.3) is 0 Å². The summed E-state index contributed by atoms with van der Waals surface area (Å²) in [6.07, 6.45) is -4.69. The maximum atomic E-state index is 14.3. The number of carbonyl (C=O) groups is 2. The summed E-state index contributed by atoms with van der Waals surface area (Å²) in [5, 5.41) is 3.06. The highest BCUT2D eigenvalue weighted by molar-refractivity contribution is 7.92. The zero-order valence-corrected chi connectivity index (χ0v) is 25.8. The average Bonchev–Trinajstić information content (AvgIpc) is 3.03. The first-order valence-corrected chi connectivity index (χ1v) is 15.8. The molecule has 0 radical (unpaired) electrons. The highest BCUT2D eigenvalue weighted by atomic mass is 35.5. The Bertz CT molecular complexity index is 1720. The van der Waals surface area contributed by atoms with E-state index in [1.54, 1.807) is 67.6 Å². The fraction of sp³-hybridized carbons (Fsp3) is 0.212. The number of likely N-dealkylation sites (N-methyl/N-ethyl adjacent to an activating group) is 1. The molecule has 0 unspecified atom stereocenters. The summed E-state index contributed by atoms with van der Waals surface area (Å²) in [5.74, 6) is -1.31. The molecule has 4 aromatic rings. The van der Waals surface area contributed by atoms with Crippen molar-refractivity contribution in [2.24, 2.45) is 0 Å². The van der Waals surface area contributed by atoms with Crippen molar-refractivity contribution in [2.75, 3.05) is 17.4 Å². The van der Waals surface area contributed by atoms with Gasteiger partial charge < -0.3 is 10.2 Å². The second-order valence-corrected chi connectivity index (χ2v) is 12.4. The van der Waals surface area contributed by atoms with E-state index in [1.807, 2.05) is 0 Å². The van der Waals surface area contributed by atoms with Gasteiger partial charge in [0, 0.05) is 24.5 Å². The number of nitrogens with one attached hydrogen (secondary N) is 1. The van der Waals surface area contributed by atoms with Gasteiger partial charge in [0.05, 0.1) is 16.1 Å². The van der Waals surface area contributed by atoms with Crippen molar-refractivity contribution >= 4 is 39.1 Å². The Morgan fingerprint density at radius 1 is 0.867 bits per heavy atom. The third-order valence-electron chi connectivity index (χ3n) is 6.99. The maximum Gasteiger partial charge on any atom is 0.416 e. The average molecular weight is 658 g/mol. The van der Waals surface area contributed by atoms with Crippen LogP contribution in [0.2, 0.25) is 5.02 Å². The molecule has 236 valence electrons. The largest absolute Gasteiger partial charge is 0.416 e. The van der Waals surface area contributed by atoms with E-state index in [-0.39, 0.29) is 30.1 Å². The lowest BCUT2D eigenvalue weighted by Crippen LogP contribution is -2.53. The van der Waals surface area contributed by atoms with Crippen LogP contribution in [0.5, 0.6) is 0 Å². The summed E-state index contributed by atoms with van der Waals surface area (Å²) in [6, 6.07) is 25.4. The third kappa shape index (κ3) is 8.43. The van der Waals surface area contributed by atoms with Crippen molar-refractivity contribution in [1.29, 1.82) is 0 Å². The molecule has 1 atom stereocenters. The van der Waals surface area contributed by atoms with Gasteiger partial charge in [-0.1, -0.05) is 84.4 Å². The van der Waals surface area contributed by atoms with E-state index in [1.165, 1.54) is 35.2 Å². The topological polar surface area (TPSA) is 86.8 Å². The van der Waals surface area contributed by atoms with E-state index >= 15 is 0 Å². The molecule has 4 rings (SSSR count). The third-order valence-corrected chi connectivity index (χ3v) is 9.15. The van der Waals surface area contributed by atoms with Crippen molar-refractivity contribution in [3.8, 4) is 0 Å². The first kappa shape index (κ1) is 33.5. The van der Waals surface area contributed by atoms with Crippen LogP contribution in [-0.4, -0.2) is 44.3 Å². The Balaban J connectivity index is 1.84. The van der Waals surface area contributed by atoms with Crippen LogP contribution in [0.3, 0.4) is 0 Å². The molecule has 0 spiro atoms. The highest BCUT2D eigenvalue weighted by Crippen LogP contribution is 2.33. The van der Waals surface area contributed by atoms with Crippen LogP contribution >= 0.6 is 11.6 Å². The lowest BCUT2D eigenvalue weighted by molar-refractivity contribution is -0.140. The minimum atomic E-state index is -4.77. The van der Waals surface area contributed by atoms with E-state index in [9.17, 15) is 31.2 Å². The molecule has 0 aliphatic heterocycles. The van der Waals surface area contributed by atoms with Gasteiger partial charge in [-0.25, -0.2) is 8.42 Å². The second-order valence-electron chi connectivity index (χ2n) is 10.1. The number of halogens is 4. The molecule has 0 aliphatic rings. The molecule has 12 heteroatoms. The molecular weight excluding hydrogens is 627 g/mol. The first-order valence-electron chi connectivity index (χ1n) is 14.0. The maximum absolute atomic E-state index is 14.3. The van der Waals surface area contributed by atoms with Gasteiger partial charge in [0.25, 0.3) is 10.0 Å². The van der Waals surface area contributed by atoms with Gasteiger partial charge in [-0.2, -0.15) is 13.2 Å². The van der Waals surface area contributed by atoms with Crippen molar-refractivity contribution in [3.63, 3.8) is 0 Å². The number of carbonyl (C=O) groups excluding carboxylic acids is 2. The van der Waals surface area contributed by atoms with Gasteiger partial charge in [0.1, 0.15) is 12.6 Å². The van der Waals surface area contributed by atoms with Crippen LogP contribution < -0.4 is 9.62 Å². The number of amides is 2. The molecular formula is C33H31ClF3N3O4S. The van der Waals surface area contributed by atoms with Gasteiger partial charge >= 0.3 is 6.18 Å². The smallest absolute Gasteiger partial charge is 0.355 e. The Morgan fingerprint density at radius 2 is 1.49 bits per heavy atom. The second kappa shape index (κ2) is 14.6. The standard InChI is InChI=1S/C33H31ClF3N3O4S/c1-2-38-32(42)30(20-24-12-5-3-6-13-24)39(22-25-14-9-10-19-29(25)34)31(41)23-40(45(43,44)28-17-7-4-8-18-28)27-16-11-15-26(21-27)33(35,36)37/h3-19,21,30H,2,20,22-23H2,1H3,(H,38,42)/t30-/m1/s1. The van der Waals surface area contributed by atoms with E-state index in [2.05, 4.69) is 5.32 Å². The van der Waals surface area contributed by atoms with Crippen molar-refractivity contribution in [1.82, 2.24) is 10.2 Å². The molecule has 4 aromatic carbocycles. The Kier molecular flexibility index (Phi) is 10.9. The molecule has 1 N–H and O–H groups in total. The number of sulfonamides is 1. The van der Waals surface area contributed by atoms with Gasteiger partial charge in [0.2, 0.25) is 11.8 Å². The summed E-state index contributed by atoms with van der Waals surface area (Å²) in [6.45, 7) is 0.916. The number of rotatable bonds is 12. The first-order chi connectivity index (χ1) is 21.4. The summed E-state index contributed by atoms with van der Waals surface area (Å²) < 4.78 is 69.6. The van der Waals surface area contributed by atoms with Gasteiger partial charge in [-0.3, -0.25) is 13.9 Å². The number of benzene rings is 4. The number of hydrogen-bond acceptors (Lipinski definition) is 4. The van der Waals surface area contributed by atoms with Gasteiger partial charge in [-0.05, 0) is 54.4 Å². The Labute approximate surface area is 265 Å². The molecule has 45 heavy (non-hydrogen) atoms. The van der Waals surface area contributed by atoms with E-state index < -0.39 is 46.2 Å². The monoisotopic (exact) mass is 657 g/mol. The summed E-state index contributed by atoms with van der Waals surface area (Å²) in [5.41, 5.74) is -0.223. The van der Waals surface area contributed by atoms with E-state index in [0.29, 0.717) is 21.0 Å². The molecule has 2 amide bonds. The number of hydrogen-bond donors (Lipinski definition) is 1. The summed E-state index contributed by atoms with van der Waals surface area (Å²) in [7, 11) is -4.55. The number of nitrogens with zero attached hydrogens (tertiary/aromatic N) is 2. The van der Waals surface area contributed by atoms with Crippen LogP contribution in [0.15, 0.2) is 114 Å². The minimum absolute atomic E-state index is 0.0812. The molecule has 0 aliphatic carbocycles. The minimum Gasteiger partial charge on any atom is -0.355 e. The number of anilines is 1. The molecule has 0 fully saturated rings. The van der Waals surface area contributed by atoms with Crippen LogP contribution in [0.1, 0.15) is 23.6 Å².